The summed E-state index contributed by atoms with van der Waals surface area (Å²) in [5.41, 5.74) is 1.37. The molecule has 1 N–H and O–H groups in total. The molecule has 4 nitrogen and oxygen atoms in total. The third-order valence-electron chi connectivity index (χ3n) is 3.15. The lowest BCUT2D eigenvalue weighted by Gasteiger charge is -2.13. The van der Waals surface area contributed by atoms with Crippen molar-refractivity contribution in [3.05, 3.63) is 66.9 Å². The lowest BCUT2D eigenvalue weighted by atomic mass is 10.1. The molecule has 0 bridgehead atoms. The van der Waals surface area contributed by atoms with Crippen molar-refractivity contribution in [1.29, 1.82) is 0 Å². The van der Waals surface area contributed by atoms with Gasteiger partial charge in [-0.2, -0.15) is 0 Å². The van der Waals surface area contributed by atoms with Crippen LogP contribution in [0.25, 0.3) is 11.3 Å². The van der Waals surface area contributed by atoms with Crippen LogP contribution >= 0.6 is 11.6 Å². The van der Waals surface area contributed by atoms with E-state index in [0.29, 0.717) is 22.9 Å². The van der Waals surface area contributed by atoms with Crippen molar-refractivity contribution in [2.24, 2.45) is 0 Å². The molecule has 0 radical (unpaired) electrons. The molecule has 0 aliphatic heterocycles. The van der Waals surface area contributed by atoms with Crippen LogP contribution in [0.15, 0.2) is 71.3 Å². The van der Waals surface area contributed by atoms with Gasteiger partial charge in [0.15, 0.2) is 5.75 Å². The minimum Gasteiger partial charge on any atom is -0.464 e. The molecule has 1 heterocycles. The predicted octanol–water partition coefficient (Wildman–Crippen LogP) is 4.92. The van der Waals surface area contributed by atoms with E-state index in [0.717, 1.165) is 5.56 Å². The third-order valence-corrected chi connectivity index (χ3v) is 3.39. The number of furan rings is 1. The Balaban J connectivity index is 1.95. The smallest absolute Gasteiger partial charge is 0.239 e. The molecule has 5 heteroatoms. The summed E-state index contributed by atoms with van der Waals surface area (Å²) < 4.78 is 11.2. The van der Waals surface area contributed by atoms with Gasteiger partial charge in [0, 0.05) is 5.56 Å². The topological polar surface area (TPSA) is 51.5 Å². The fourth-order valence-electron chi connectivity index (χ4n) is 2.11. The van der Waals surface area contributed by atoms with Crippen LogP contribution in [0.5, 0.6) is 11.5 Å². The van der Waals surface area contributed by atoms with Crippen LogP contribution in [0.2, 0.25) is 0 Å². The zero-order chi connectivity index (χ0) is 16.1. The maximum Gasteiger partial charge on any atom is 0.239 e. The molecule has 0 spiro atoms. The van der Waals surface area contributed by atoms with E-state index in [9.17, 15) is 4.79 Å². The largest absolute Gasteiger partial charge is 0.464 e. The molecule has 23 heavy (non-hydrogen) atoms. The average Bonchev–Trinajstić information content (AvgIpc) is 3.12. The van der Waals surface area contributed by atoms with Gasteiger partial charge in [-0.1, -0.05) is 18.2 Å². The number of ether oxygens (including phenoxy) is 1. The van der Waals surface area contributed by atoms with Crippen molar-refractivity contribution < 1.29 is 13.9 Å². The monoisotopic (exact) mass is 327 g/mol. The second kappa shape index (κ2) is 7.03. The summed E-state index contributed by atoms with van der Waals surface area (Å²) in [5, 5.41) is 2.75. The van der Waals surface area contributed by atoms with Gasteiger partial charge in [0.1, 0.15) is 17.4 Å². The molecule has 0 saturated heterocycles. The normalized spacial score (nSPS) is 10.3. The van der Waals surface area contributed by atoms with Crippen LogP contribution in [0, 0.1) is 0 Å². The Kier molecular flexibility index (Phi) is 4.64. The molecule has 2 aromatic carbocycles. The molecule has 3 rings (SSSR count). The van der Waals surface area contributed by atoms with Gasteiger partial charge in [-0.25, -0.2) is 0 Å². The number of para-hydroxylation sites is 1. The zero-order valence-electron chi connectivity index (χ0n) is 12.2. The highest BCUT2D eigenvalue weighted by molar-refractivity contribution is 6.29. The van der Waals surface area contributed by atoms with Crippen LogP contribution < -0.4 is 10.1 Å². The Bertz CT molecular complexity index is 785. The van der Waals surface area contributed by atoms with E-state index >= 15 is 0 Å². The zero-order valence-corrected chi connectivity index (χ0v) is 12.9. The molecule has 0 fully saturated rings. The maximum absolute atomic E-state index is 11.7. The molecule has 0 aliphatic rings. The van der Waals surface area contributed by atoms with Crippen molar-refractivity contribution in [2.75, 3.05) is 11.2 Å². The molecule has 1 aromatic heterocycles. The third kappa shape index (κ3) is 3.73. The summed E-state index contributed by atoms with van der Waals surface area (Å²) in [7, 11) is 0. The molecule has 0 saturated carbocycles. The molecule has 0 aliphatic carbocycles. The first-order valence-corrected chi connectivity index (χ1v) is 7.56. The number of hydrogen-bond donors (Lipinski definition) is 1. The minimum absolute atomic E-state index is 0.129. The van der Waals surface area contributed by atoms with Gasteiger partial charge in [-0.05, 0) is 42.5 Å². The number of rotatable bonds is 5. The van der Waals surface area contributed by atoms with Crippen LogP contribution in [0.4, 0.5) is 5.69 Å². The quantitative estimate of drug-likeness (QED) is 0.677. The molecule has 0 unspecified atom stereocenters. The van der Waals surface area contributed by atoms with Gasteiger partial charge in [0.05, 0.1) is 12.0 Å². The summed E-state index contributed by atoms with van der Waals surface area (Å²) >= 11 is 5.58. The molecule has 3 aromatic rings. The number of carbonyl (C=O) groups excluding carboxylic acids is 1. The Labute approximate surface area is 138 Å². The van der Waals surface area contributed by atoms with Crippen molar-refractivity contribution in [3.8, 4) is 22.8 Å². The number of amides is 1. The summed E-state index contributed by atoms with van der Waals surface area (Å²) in [6, 6.07) is 18.4. The van der Waals surface area contributed by atoms with Crippen LogP contribution in [0.1, 0.15) is 0 Å². The van der Waals surface area contributed by atoms with Crippen LogP contribution in [-0.4, -0.2) is 11.8 Å². The minimum atomic E-state index is -0.304. The number of benzene rings is 2. The van der Waals surface area contributed by atoms with Crippen LogP contribution in [0.3, 0.4) is 0 Å². The van der Waals surface area contributed by atoms with Crippen molar-refractivity contribution in [3.63, 3.8) is 0 Å². The number of carbonyl (C=O) groups is 1. The highest BCUT2D eigenvalue weighted by atomic mass is 35.5. The first-order chi connectivity index (χ1) is 11.3. The van der Waals surface area contributed by atoms with E-state index in [-0.39, 0.29) is 11.8 Å². The highest BCUT2D eigenvalue weighted by Crippen LogP contribution is 2.34. The van der Waals surface area contributed by atoms with E-state index in [1.807, 2.05) is 42.5 Å². The summed E-state index contributed by atoms with van der Waals surface area (Å²) in [6.07, 6.45) is 1.60. The predicted molar refractivity (Wildman–Crippen MR) is 90.0 cm³/mol. The van der Waals surface area contributed by atoms with Crippen molar-refractivity contribution in [2.45, 2.75) is 0 Å². The lowest BCUT2D eigenvalue weighted by Crippen LogP contribution is -2.13. The first-order valence-electron chi connectivity index (χ1n) is 7.03. The van der Waals surface area contributed by atoms with E-state index < -0.39 is 0 Å². The van der Waals surface area contributed by atoms with E-state index in [1.165, 1.54) is 0 Å². The Morgan fingerprint density at radius 2 is 1.91 bits per heavy atom. The molecular formula is C18H14ClNO3. The summed E-state index contributed by atoms with van der Waals surface area (Å²) in [6.45, 7) is 0. The van der Waals surface area contributed by atoms with Gasteiger partial charge >= 0.3 is 0 Å². The number of nitrogens with one attached hydrogen (secondary N) is 1. The number of anilines is 1. The second-order valence-corrected chi connectivity index (χ2v) is 5.05. The Hall–Kier alpha value is -2.72. The fraction of sp³-hybridized carbons (Fsp3) is 0.0556. The Morgan fingerprint density at radius 3 is 2.61 bits per heavy atom. The highest BCUT2D eigenvalue weighted by Gasteiger charge is 2.11. The van der Waals surface area contributed by atoms with E-state index in [4.69, 9.17) is 20.8 Å². The van der Waals surface area contributed by atoms with Gasteiger partial charge in [0.2, 0.25) is 5.91 Å². The fourth-order valence-corrected chi connectivity index (χ4v) is 2.18. The van der Waals surface area contributed by atoms with Gasteiger partial charge in [0.25, 0.3) is 0 Å². The molecular weight excluding hydrogens is 314 g/mol. The summed E-state index contributed by atoms with van der Waals surface area (Å²) in [4.78, 5) is 11.7. The van der Waals surface area contributed by atoms with Crippen molar-refractivity contribution >= 4 is 23.2 Å². The van der Waals surface area contributed by atoms with Gasteiger partial charge < -0.3 is 14.5 Å². The van der Waals surface area contributed by atoms with E-state index in [1.54, 1.807) is 24.5 Å². The van der Waals surface area contributed by atoms with Gasteiger partial charge in [-0.15, -0.1) is 11.6 Å². The number of halogens is 1. The SMILES string of the molecule is O=C(CCl)Nc1cc(-c2ccco2)ccc1Oc1ccccc1. The van der Waals surface area contributed by atoms with E-state index in [2.05, 4.69) is 5.32 Å². The first kappa shape index (κ1) is 15.2. The number of hydrogen-bond acceptors (Lipinski definition) is 3. The maximum atomic E-state index is 11.7. The number of alkyl halides is 1. The molecule has 116 valence electrons. The lowest BCUT2D eigenvalue weighted by molar-refractivity contribution is -0.113. The molecule has 0 atom stereocenters. The van der Waals surface area contributed by atoms with Crippen molar-refractivity contribution in [1.82, 2.24) is 0 Å². The average molecular weight is 328 g/mol. The molecule has 1 amide bonds. The summed E-state index contributed by atoms with van der Waals surface area (Å²) in [5.74, 6) is 1.49. The van der Waals surface area contributed by atoms with Crippen LogP contribution in [-0.2, 0) is 4.79 Å². The second-order valence-electron chi connectivity index (χ2n) is 4.79. The Morgan fingerprint density at radius 1 is 1.09 bits per heavy atom. The van der Waals surface area contributed by atoms with Gasteiger partial charge in [-0.3, -0.25) is 4.79 Å². The standard InChI is InChI=1S/C18H14ClNO3/c19-12-18(21)20-15-11-13(16-7-4-10-22-16)8-9-17(15)23-14-5-2-1-3-6-14/h1-11H,12H2,(H,20,21).